The van der Waals surface area contributed by atoms with Gasteiger partial charge >= 0.3 is 5.82 Å². The van der Waals surface area contributed by atoms with E-state index in [0.717, 1.165) is 0 Å². The van der Waals surface area contributed by atoms with Crippen LogP contribution in [0.2, 0.25) is 0 Å². The van der Waals surface area contributed by atoms with Crippen molar-refractivity contribution in [2.75, 3.05) is 13.2 Å². The van der Waals surface area contributed by atoms with Crippen LogP contribution in [0.4, 0.5) is 5.82 Å². The Balaban J connectivity index is 1.34. The molecule has 0 spiro atoms. The predicted molar refractivity (Wildman–Crippen MR) is 103 cm³/mol. The van der Waals surface area contributed by atoms with Gasteiger partial charge < -0.3 is 48.2 Å². The molecule has 3 fully saturated rings. The van der Waals surface area contributed by atoms with Gasteiger partial charge in [-0.1, -0.05) is 0 Å². The highest BCUT2D eigenvalue weighted by molar-refractivity contribution is 5.25. The number of aromatic nitrogens is 2. The summed E-state index contributed by atoms with van der Waals surface area (Å²) in [5.41, 5.74) is 0.369. The van der Waals surface area contributed by atoms with Gasteiger partial charge in [-0.25, -0.2) is 0 Å². The van der Waals surface area contributed by atoms with Crippen LogP contribution >= 0.6 is 0 Å². The predicted octanol–water partition coefficient (Wildman–Crippen LogP) is 0.874. The molecule has 31 heavy (non-hydrogen) atoms. The first-order chi connectivity index (χ1) is 14.5. The van der Waals surface area contributed by atoms with Gasteiger partial charge in [0.25, 0.3) is 0 Å². The fourth-order valence-electron chi connectivity index (χ4n) is 4.22. The number of rotatable bonds is 7. The Morgan fingerprint density at radius 1 is 1.19 bits per heavy atom. The summed E-state index contributed by atoms with van der Waals surface area (Å²) in [6, 6.07) is 0. The third-order valence-corrected chi connectivity index (χ3v) is 5.50. The standard InChI is InChI=1S/C19H29N3O9/c1-10-16(22(24)25)20-9-21(10)6-11(23)7-26-8-12-13-14(29-18(2,3)28-13)15-17(27-12)31-19(4,5)30-15/h9,11-15,17,23H,6-8H2,1-5H3/t11?,12-,13+,14+,15-,17-/m1/s1. The first kappa shape index (κ1) is 22.5. The highest BCUT2D eigenvalue weighted by atomic mass is 16.9. The number of imidazole rings is 1. The Morgan fingerprint density at radius 2 is 1.84 bits per heavy atom. The molecule has 3 aliphatic heterocycles. The number of nitro groups is 1. The molecule has 1 aromatic heterocycles. The van der Waals surface area contributed by atoms with Crippen LogP contribution in [0, 0.1) is 17.0 Å². The highest BCUT2D eigenvalue weighted by Crippen LogP contribution is 2.44. The minimum absolute atomic E-state index is 0.00383. The van der Waals surface area contributed by atoms with Crippen molar-refractivity contribution in [3.63, 3.8) is 0 Å². The number of aliphatic hydroxyl groups is 1. The van der Waals surface area contributed by atoms with Gasteiger partial charge in [0.05, 0.1) is 25.9 Å². The number of hydrogen-bond acceptors (Lipinski definition) is 10. The summed E-state index contributed by atoms with van der Waals surface area (Å²) in [5, 5.41) is 21.2. The average molecular weight is 443 g/mol. The van der Waals surface area contributed by atoms with Gasteiger partial charge in [-0.05, 0) is 44.5 Å². The van der Waals surface area contributed by atoms with Crippen molar-refractivity contribution in [1.82, 2.24) is 9.55 Å². The number of aliphatic hydroxyl groups excluding tert-OH is 1. The molecule has 12 heteroatoms. The molecule has 3 saturated heterocycles. The molecule has 0 bridgehead atoms. The van der Waals surface area contributed by atoms with E-state index in [0.29, 0.717) is 5.69 Å². The summed E-state index contributed by atoms with van der Waals surface area (Å²) in [4.78, 5) is 14.1. The molecule has 0 aromatic carbocycles. The number of fused-ring (bicyclic) bond motifs is 3. The van der Waals surface area contributed by atoms with Gasteiger partial charge in [-0.2, -0.15) is 0 Å². The molecule has 4 rings (SSSR count). The SMILES string of the molecule is Cc1c([N+](=O)[O-])ncn1CC(O)COC[C@H]1O[C@@H]2OC(C)(C)O[C@@H]2[C@H]2OC(C)(C)O[C@H]21. The summed E-state index contributed by atoms with van der Waals surface area (Å²) in [6.07, 6.45) is -1.84. The Kier molecular flexibility index (Phi) is 5.83. The van der Waals surface area contributed by atoms with Gasteiger partial charge in [0.2, 0.25) is 6.33 Å². The van der Waals surface area contributed by atoms with Gasteiger partial charge in [0.1, 0.15) is 30.1 Å². The minimum Gasteiger partial charge on any atom is -0.389 e. The van der Waals surface area contributed by atoms with E-state index in [4.69, 9.17) is 28.4 Å². The van der Waals surface area contributed by atoms with Crippen LogP contribution in [-0.2, 0) is 35.0 Å². The molecule has 3 aliphatic rings. The van der Waals surface area contributed by atoms with Crippen LogP contribution in [0.3, 0.4) is 0 Å². The van der Waals surface area contributed by atoms with Gasteiger partial charge in [0.15, 0.2) is 17.9 Å². The lowest BCUT2D eigenvalue weighted by molar-refractivity contribution is -0.389. The van der Waals surface area contributed by atoms with Crippen molar-refractivity contribution < 1.29 is 38.5 Å². The normalized spacial score (nSPS) is 34.3. The lowest BCUT2D eigenvalue weighted by Gasteiger charge is -2.37. The highest BCUT2D eigenvalue weighted by Gasteiger charge is 2.60. The Hall–Kier alpha value is -1.67. The molecule has 0 amide bonds. The van der Waals surface area contributed by atoms with Crippen LogP contribution in [0.1, 0.15) is 33.4 Å². The third kappa shape index (κ3) is 4.60. The first-order valence-electron chi connectivity index (χ1n) is 10.2. The van der Waals surface area contributed by atoms with Crippen LogP contribution in [0.25, 0.3) is 0 Å². The molecular weight excluding hydrogens is 414 g/mol. The molecule has 6 atom stereocenters. The summed E-state index contributed by atoms with van der Waals surface area (Å²) in [7, 11) is 0. The maximum atomic E-state index is 10.9. The van der Waals surface area contributed by atoms with Crippen molar-refractivity contribution in [2.24, 2.45) is 0 Å². The molecule has 4 heterocycles. The average Bonchev–Trinajstić information content (AvgIpc) is 3.27. The quantitative estimate of drug-likeness (QED) is 0.477. The van der Waals surface area contributed by atoms with Crippen LogP contribution in [-0.4, -0.2) is 81.2 Å². The zero-order valence-corrected chi connectivity index (χ0v) is 18.2. The maximum absolute atomic E-state index is 10.9. The fraction of sp³-hybridized carbons (Fsp3) is 0.842. The second kappa shape index (κ2) is 8.03. The molecule has 0 radical (unpaired) electrons. The summed E-state index contributed by atoms with van der Waals surface area (Å²) in [5.74, 6) is -1.82. The van der Waals surface area contributed by atoms with Gasteiger partial charge in [-0.3, -0.25) is 0 Å². The third-order valence-electron chi connectivity index (χ3n) is 5.50. The van der Waals surface area contributed by atoms with Crippen molar-refractivity contribution in [3.8, 4) is 0 Å². The van der Waals surface area contributed by atoms with Crippen molar-refractivity contribution in [3.05, 3.63) is 22.1 Å². The number of ether oxygens (including phenoxy) is 6. The molecule has 0 aliphatic carbocycles. The number of hydrogen-bond donors (Lipinski definition) is 1. The van der Waals surface area contributed by atoms with E-state index in [1.54, 1.807) is 6.92 Å². The second-order valence-corrected chi connectivity index (χ2v) is 8.96. The van der Waals surface area contributed by atoms with E-state index in [2.05, 4.69) is 4.98 Å². The maximum Gasteiger partial charge on any atom is 0.384 e. The smallest absolute Gasteiger partial charge is 0.384 e. The van der Waals surface area contributed by atoms with E-state index < -0.39 is 47.2 Å². The van der Waals surface area contributed by atoms with Gasteiger partial charge in [-0.15, -0.1) is 0 Å². The lowest BCUT2D eigenvalue weighted by atomic mass is 9.99. The van der Waals surface area contributed by atoms with Crippen molar-refractivity contribution >= 4 is 5.82 Å². The molecule has 1 N–H and O–H groups in total. The van der Waals surface area contributed by atoms with E-state index in [9.17, 15) is 15.2 Å². The summed E-state index contributed by atoms with van der Waals surface area (Å²) < 4.78 is 37.2. The van der Waals surface area contributed by atoms with Crippen LogP contribution in [0.15, 0.2) is 6.33 Å². The zero-order chi connectivity index (χ0) is 22.6. The van der Waals surface area contributed by atoms with E-state index >= 15 is 0 Å². The molecule has 0 saturated carbocycles. The Bertz CT molecular complexity index is 827. The molecule has 1 aromatic rings. The van der Waals surface area contributed by atoms with E-state index in [1.165, 1.54) is 10.9 Å². The Labute approximate surface area is 179 Å². The summed E-state index contributed by atoms with van der Waals surface area (Å²) in [6.45, 7) is 9.13. The van der Waals surface area contributed by atoms with Gasteiger partial charge in [0, 0.05) is 0 Å². The molecule has 1 unspecified atom stereocenters. The summed E-state index contributed by atoms with van der Waals surface area (Å²) >= 11 is 0. The van der Waals surface area contributed by atoms with E-state index in [-0.39, 0.29) is 31.7 Å². The first-order valence-corrected chi connectivity index (χ1v) is 10.2. The number of nitrogens with zero attached hydrogens (tertiary/aromatic N) is 3. The largest absolute Gasteiger partial charge is 0.389 e. The van der Waals surface area contributed by atoms with Crippen LogP contribution < -0.4 is 0 Å². The molecule has 174 valence electrons. The Morgan fingerprint density at radius 3 is 2.52 bits per heavy atom. The minimum atomic E-state index is -0.887. The molecular formula is C19H29N3O9. The monoisotopic (exact) mass is 443 g/mol. The van der Waals surface area contributed by atoms with Crippen LogP contribution in [0.5, 0.6) is 0 Å². The second-order valence-electron chi connectivity index (χ2n) is 8.96. The fourth-order valence-corrected chi connectivity index (χ4v) is 4.22. The lowest BCUT2D eigenvalue weighted by Crippen LogP contribution is -2.56. The zero-order valence-electron chi connectivity index (χ0n) is 18.2. The van der Waals surface area contributed by atoms with E-state index in [1.807, 2.05) is 27.7 Å². The topological polar surface area (TPSA) is 137 Å². The van der Waals surface area contributed by atoms with Crippen molar-refractivity contribution in [1.29, 1.82) is 0 Å². The van der Waals surface area contributed by atoms with Crippen molar-refractivity contribution in [2.45, 2.75) is 89.5 Å². The molecule has 12 nitrogen and oxygen atoms in total.